The molecule has 4 nitrogen and oxygen atoms in total. The van der Waals surface area contributed by atoms with Gasteiger partial charge < -0.3 is 0 Å². The highest BCUT2D eigenvalue weighted by Crippen LogP contribution is 2.37. The van der Waals surface area contributed by atoms with E-state index in [1.807, 2.05) is 19.1 Å². The number of carbonyl (C=O) groups excluding carboxylic acids is 3. The van der Waals surface area contributed by atoms with Crippen molar-refractivity contribution in [3.63, 3.8) is 0 Å². The number of benzene rings is 1. The fourth-order valence-corrected chi connectivity index (χ4v) is 3.06. The number of fused-ring (bicyclic) bond motifs is 1. The molecule has 1 heterocycles. The van der Waals surface area contributed by atoms with Crippen LogP contribution in [0.15, 0.2) is 24.8 Å². The molecule has 1 aliphatic heterocycles. The normalized spacial score (nSPS) is 22.4. The molecular weight excluding hydrogens is 254 g/mol. The van der Waals surface area contributed by atoms with Gasteiger partial charge in [-0.3, -0.25) is 19.3 Å². The Bertz CT molecular complexity index is 660. The standard InChI is InChI=1S/C16H15NO3/c1-9-4-3-5-12-15(9)10(2)17(16(12)20)13-7-6-11(18)8-14(13)19/h3-5,13H,2,6-8H2,1H3. The smallest absolute Gasteiger partial charge is 0.259 e. The van der Waals surface area contributed by atoms with Gasteiger partial charge in [-0.15, -0.1) is 0 Å². The molecule has 20 heavy (non-hydrogen) atoms. The molecule has 1 aliphatic carbocycles. The Kier molecular flexibility index (Phi) is 2.82. The monoisotopic (exact) mass is 269 g/mol. The summed E-state index contributed by atoms with van der Waals surface area (Å²) >= 11 is 0. The Morgan fingerprint density at radius 2 is 2.00 bits per heavy atom. The maximum Gasteiger partial charge on any atom is 0.259 e. The Labute approximate surface area is 117 Å². The molecule has 1 saturated carbocycles. The van der Waals surface area contributed by atoms with Crippen LogP contribution < -0.4 is 0 Å². The van der Waals surface area contributed by atoms with Crippen molar-refractivity contribution in [3.8, 4) is 0 Å². The highest BCUT2D eigenvalue weighted by atomic mass is 16.2. The predicted molar refractivity (Wildman–Crippen MR) is 74.0 cm³/mol. The lowest BCUT2D eigenvalue weighted by atomic mass is 9.91. The van der Waals surface area contributed by atoms with Crippen LogP contribution in [0.4, 0.5) is 0 Å². The predicted octanol–water partition coefficient (Wildman–Crippen LogP) is 2.11. The maximum absolute atomic E-state index is 12.5. The minimum atomic E-state index is -0.542. The minimum Gasteiger partial charge on any atom is -0.299 e. The van der Waals surface area contributed by atoms with E-state index in [2.05, 4.69) is 6.58 Å². The fourth-order valence-electron chi connectivity index (χ4n) is 3.06. The molecule has 0 saturated heterocycles. The summed E-state index contributed by atoms with van der Waals surface area (Å²) in [6.07, 6.45) is 0.676. The average molecular weight is 269 g/mol. The van der Waals surface area contributed by atoms with Gasteiger partial charge in [-0.2, -0.15) is 0 Å². The number of Topliss-reactive ketones (excluding diaryl/α,β-unsaturated/α-hetero) is 2. The fraction of sp³-hybridized carbons (Fsp3) is 0.312. The molecule has 1 amide bonds. The van der Waals surface area contributed by atoms with Gasteiger partial charge in [-0.1, -0.05) is 18.7 Å². The van der Waals surface area contributed by atoms with Crippen LogP contribution in [-0.2, 0) is 9.59 Å². The van der Waals surface area contributed by atoms with Gasteiger partial charge >= 0.3 is 0 Å². The van der Waals surface area contributed by atoms with Crippen molar-refractivity contribution < 1.29 is 14.4 Å². The third-order valence-corrected chi connectivity index (χ3v) is 4.05. The van der Waals surface area contributed by atoms with E-state index in [1.165, 1.54) is 4.90 Å². The third-order valence-electron chi connectivity index (χ3n) is 4.05. The molecule has 4 heteroatoms. The van der Waals surface area contributed by atoms with Crippen molar-refractivity contribution >= 4 is 23.2 Å². The van der Waals surface area contributed by atoms with Crippen molar-refractivity contribution in [2.24, 2.45) is 0 Å². The first-order chi connectivity index (χ1) is 9.50. The highest BCUT2D eigenvalue weighted by Gasteiger charge is 2.41. The Balaban J connectivity index is 2.00. The summed E-state index contributed by atoms with van der Waals surface area (Å²) in [6.45, 7) is 5.91. The second kappa shape index (κ2) is 4.40. The first kappa shape index (κ1) is 12.8. The van der Waals surface area contributed by atoms with Crippen LogP contribution in [0.1, 0.15) is 40.7 Å². The van der Waals surface area contributed by atoms with E-state index in [1.54, 1.807) is 6.07 Å². The SMILES string of the molecule is C=C1c2c(C)cccc2C(=O)N1C1CCC(=O)CC1=O. The largest absolute Gasteiger partial charge is 0.299 e. The van der Waals surface area contributed by atoms with Gasteiger partial charge in [0.2, 0.25) is 0 Å². The number of hydrogen-bond donors (Lipinski definition) is 0. The second-order valence-electron chi connectivity index (χ2n) is 5.36. The van der Waals surface area contributed by atoms with Gasteiger partial charge in [0, 0.05) is 23.2 Å². The Hall–Kier alpha value is -2.23. The third kappa shape index (κ3) is 1.72. The van der Waals surface area contributed by atoms with Crippen LogP contribution in [0.3, 0.4) is 0 Å². The quantitative estimate of drug-likeness (QED) is 0.734. The average Bonchev–Trinajstić information content (AvgIpc) is 2.64. The molecule has 0 aromatic heterocycles. The lowest BCUT2D eigenvalue weighted by Crippen LogP contribution is -2.44. The highest BCUT2D eigenvalue weighted by molar-refractivity contribution is 6.13. The molecule has 1 unspecified atom stereocenters. The van der Waals surface area contributed by atoms with Crippen LogP contribution in [0.25, 0.3) is 5.70 Å². The van der Waals surface area contributed by atoms with Crippen LogP contribution >= 0.6 is 0 Å². The van der Waals surface area contributed by atoms with Gasteiger partial charge in [-0.25, -0.2) is 0 Å². The molecule has 1 atom stereocenters. The van der Waals surface area contributed by atoms with Crippen molar-refractivity contribution in [2.75, 3.05) is 0 Å². The van der Waals surface area contributed by atoms with Crippen LogP contribution in [0.5, 0.6) is 0 Å². The summed E-state index contributed by atoms with van der Waals surface area (Å²) in [5.41, 5.74) is 2.97. The van der Waals surface area contributed by atoms with Gasteiger partial charge in [0.15, 0.2) is 5.78 Å². The zero-order valence-corrected chi connectivity index (χ0v) is 11.3. The molecular formula is C16H15NO3. The molecule has 0 bridgehead atoms. The lowest BCUT2D eigenvalue weighted by Gasteiger charge is -2.30. The number of carbonyl (C=O) groups is 3. The first-order valence-electron chi connectivity index (χ1n) is 6.67. The number of amides is 1. The van der Waals surface area contributed by atoms with E-state index in [9.17, 15) is 14.4 Å². The van der Waals surface area contributed by atoms with E-state index in [0.29, 0.717) is 24.1 Å². The summed E-state index contributed by atoms with van der Waals surface area (Å²) in [5.74, 6) is -0.403. The summed E-state index contributed by atoms with van der Waals surface area (Å²) in [5, 5.41) is 0. The van der Waals surface area contributed by atoms with Crippen molar-refractivity contribution in [1.29, 1.82) is 0 Å². The van der Waals surface area contributed by atoms with Crippen LogP contribution in [0, 0.1) is 6.92 Å². The maximum atomic E-state index is 12.5. The topological polar surface area (TPSA) is 54.5 Å². The van der Waals surface area contributed by atoms with Crippen LogP contribution in [0.2, 0.25) is 0 Å². The van der Waals surface area contributed by atoms with Gasteiger partial charge in [0.1, 0.15) is 5.78 Å². The molecule has 0 spiro atoms. The van der Waals surface area contributed by atoms with Gasteiger partial charge in [-0.05, 0) is 25.0 Å². The lowest BCUT2D eigenvalue weighted by molar-refractivity contribution is -0.132. The number of ketones is 2. The van der Waals surface area contributed by atoms with Crippen molar-refractivity contribution in [2.45, 2.75) is 32.2 Å². The summed E-state index contributed by atoms with van der Waals surface area (Å²) < 4.78 is 0. The van der Waals surface area contributed by atoms with Gasteiger partial charge in [0.05, 0.1) is 12.5 Å². The number of rotatable bonds is 1. The van der Waals surface area contributed by atoms with E-state index in [-0.39, 0.29) is 23.9 Å². The van der Waals surface area contributed by atoms with E-state index < -0.39 is 6.04 Å². The van der Waals surface area contributed by atoms with E-state index >= 15 is 0 Å². The molecule has 1 aromatic carbocycles. The van der Waals surface area contributed by atoms with Crippen molar-refractivity contribution in [3.05, 3.63) is 41.5 Å². The molecule has 3 rings (SSSR count). The number of hydrogen-bond acceptors (Lipinski definition) is 3. The second-order valence-corrected chi connectivity index (χ2v) is 5.36. The first-order valence-corrected chi connectivity index (χ1v) is 6.67. The zero-order valence-electron chi connectivity index (χ0n) is 11.3. The zero-order chi connectivity index (χ0) is 14.4. The summed E-state index contributed by atoms with van der Waals surface area (Å²) in [7, 11) is 0. The molecule has 0 radical (unpaired) electrons. The van der Waals surface area contributed by atoms with Gasteiger partial charge in [0.25, 0.3) is 5.91 Å². The molecule has 102 valence electrons. The summed E-state index contributed by atoms with van der Waals surface area (Å²) in [6, 6.07) is 4.97. The van der Waals surface area contributed by atoms with E-state index in [4.69, 9.17) is 0 Å². The summed E-state index contributed by atoms with van der Waals surface area (Å²) in [4.78, 5) is 37.4. The molecule has 1 fully saturated rings. The minimum absolute atomic E-state index is 0.0443. The Morgan fingerprint density at radius 3 is 2.65 bits per heavy atom. The van der Waals surface area contributed by atoms with E-state index in [0.717, 1.165) is 11.1 Å². The number of nitrogens with zero attached hydrogens (tertiary/aromatic N) is 1. The number of aryl methyl sites for hydroxylation is 1. The van der Waals surface area contributed by atoms with Crippen LogP contribution in [-0.4, -0.2) is 28.4 Å². The molecule has 2 aliphatic rings. The van der Waals surface area contributed by atoms with Crippen molar-refractivity contribution in [1.82, 2.24) is 4.90 Å². The molecule has 1 aromatic rings. The molecule has 0 N–H and O–H groups in total. The Morgan fingerprint density at radius 1 is 1.25 bits per heavy atom.